The third kappa shape index (κ3) is 4.39. The predicted molar refractivity (Wildman–Crippen MR) is 74.2 cm³/mol. The van der Waals surface area contributed by atoms with Crippen LogP contribution in [0.2, 0.25) is 0 Å². The molecule has 0 saturated heterocycles. The molecule has 1 aromatic heterocycles. The average Bonchev–Trinajstić information content (AvgIpc) is 2.63. The molecule has 0 aliphatic rings. The van der Waals surface area contributed by atoms with Crippen molar-refractivity contribution in [2.24, 2.45) is 7.05 Å². The number of carbonyl (C=O) groups is 1. The maximum absolute atomic E-state index is 11.9. The van der Waals surface area contributed by atoms with Crippen molar-refractivity contribution >= 4 is 13.8 Å². The highest BCUT2D eigenvalue weighted by Gasteiger charge is 2.24. The molecule has 0 aliphatic heterocycles. The third-order valence-electron chi connectivity index (χ3n) is 2.44. The van der Waals surface area contributed by atoms with Crippen LogP contribution in [0.5, 0.6) is 5.75 Å². The second kappa shape index (κ2) is 6.50. The van der Waals surface area contributed by atoms with Crippen molar-refractivity contribution in [3.63, 3.8) is 0 Å². The van der Waals surface area contributed by atoms with Gasteiger partial charge >= 0.3 is 13.8 Å². The largest absolute Gasteiger partial charge is 0.569 e. The normalized spacial score (nSPS) is 10.7. The minimum atomic E-state index is -0.606. The Labute approximate surface area is 124 Å². The molecule has 0 fully saturated rings. The molecule has 0 spiro atoms. The van der Waals surface area contributed by atoms with E-state index >= 15 is 0 Å². The van der Waals surface area contributed by atoms with E-state index in [-0.39, 0.29) is 18.0 Å². The lowest BCUT2D eigenvalue weighted by Gasteiger charge is -2.24. The molecule has 0 unspecified atom stereocenters. The van der Waals surface area contributed by atoms with Gasteiger partial charge in [0.1, 0.15) is 17.4 Å². The first-order chi connectivity index (χ1) is 9.69. The van der Waals surface area contributed by atoms with Crippen molar-refractivity contribution in [3.8, 4) is 11.8 Å². The summed E-state index contributed by atoms with van der Waals surface area (Å²) in [5, 5.41) is 21.9. The molecule has 1 aromatic rings. The van der Waals surface area contributed by atoms with Crippen LogP contribution in [0.3, 0.4) is 0 Å². The molecule has 0 aliphatic carbocycles. The van der Waals surface area contributed by atoms with Crippen LogP contribution in [0.4, 0.5) is 4.79 Å². The Bertz CT molecular complexity index is 559. The first-order valence-electron chi connectivity index (χ1n) is 6.22. The zero-order chi connectivity index (χ0) is 16.2. The number of aryl methyl sites for hydroxylation is 1. The van der Waals surface area contributed by atoms with Gasteiger partial charge in [0.05, 0.1) is 6.54 Å². The lowest BCUT2D eigenvalue weighted by Crippen LogP contribution is -2.34. The van der Waals surface area contributed by atoms with E-state index in [2.05, 4.69) is 5.10 Å². The first kappa shape index (κ1) is 16.8. The van der Waals surface area contributed by atoms with Crippen LogP contribution in [0.25, 0.3) is 0 Å². The standard InChI is InChI=1S/C12H18BN4O4/c1-12(2,3)20-11(18)16(4)7-8-10(21-13-19)9(6-14)17(5)15-8/h19H,7H2,1-5H3. The van der Waals surface area contributed by atoms with Gasteiger partial charge in [0.2, 0.25) is 0 Å². The van der Waals surface area contributed by atoms with Gasteiger partial charge in [0.25, 0.3) is 0 Å². The van der Waals surface area contributed by atoms with Gasteiger partial charge in [-0.1, -0.05) is 0 Å². The maximum atomic E-state index is 11.9. The smallest absolute Gasteiger partial charge is 0.534 e. The van der Waals surface area contributed by atoms with Crippen molar-refractivity contribution in [1.29, 1.82) is 5.26 Å². The van der Waals surface area contributed by atoms with Crippen molar-refractivity contribution < 1.29 is 19.2 Å². The lowest BCUT2D eigenvalue weighted by molar-refractivity contribution is 0.0282. The number of nitrogens with zero attached hydrogens (tertiary/aromatic N) is 4. The molecule has 21 heavy (non-hydrogen) atoms. The van der Waals surface area contributed by atoms with Crippen LogP contribution < -0.4 is 4.65 Å². The van der Waals surface area contributed by atoms with Crippen LogP contribution >= 0.6 is 0 Å². The Balaban J connectivity index is 2.93. The second-order valence-corrected chi connectivity index (χ2v) is 5.42. The van der Waals surface area contributed by atoms with Crippen LogP contribution in [-0.4, -0.2) is 46.1 Å². The van der Waals surface area contributed by atoms with E-state index < -0.39 is 11.7 Å². The molecule has 8 nitrogen and oxygen atoms in total. The van der Waals surface area contributed by atoms with Gasteiger partial charge < -0.3 is 19.3 Å². The van der Waals surface area contributed by atoms with Crippen LogP contribution in [0.15, 0.2) is 0 Å². The van der Waals surface area contributed by atoms with Crippen LogP contribution in [0.1, 0.15) is 32.2 Å². The summed E-state index contributed by atoms with van der Waals surface area (Å²) in [6, 6.07) is 1.92. The Kier molecular flexibility index (Phi) is 5.21. The summed E-state index contributed by atoms with van der Waals surface area (Å²) in [7, 11) is 3.58. The van der Waals surface area contributed by atoms with E-state index in [9.17, 15) is 4.79 Å². The number of amides is 1. The Hall–Kier alpha value is -2.21. The van der Waals surface area contributed by atoms with Crippen molar-refractivity contribution in [3.05, 3.63) is 11.4 Å². The number of hydrogen-bond acceptors (Lipinski definition) is 6. The molecule has 0 bridgehead atoms. The minimum absolute atomic E-state index is 0.0770. The second-order valence-electron chi connectivity index (χ2n) is 5.42. The molecule has 1 amide bonds. The number of carbonyl (C=O) groups excluding carboxylic acids is 1. The Morgan fingerprint density at radius 3 is 2.67 bits per heavy atom. The molecule has 1 N–H and O–H groups in total. The summed E-state index contributed by atoms with van der Waals surface area (Å²) in [6.45, 7) is 5.38. The average molecular weight is 293 g/mol. The summed E-state index contributed by atoms with van der Waals surface area (Å²) in [4.78, 5) is 13.2. The highest BCUT2D eigenvalue weighted by molar-refractivity contribution is 6.17. The van der Waals surface area contributed by atoms with Gasteiger partial charge in [-0.15, -0.1) is 0 Å². The number of aromatic nitrogens is 2. The minimum Gasteiger partial charge on any atom is -0.534 e. The van der Waals surface area contributed by atoms with Crippen molar-refractivity contribution in [2.75, 3.05) is 7.05 Å². The van der Waals surface area contributed by atoms with E-state index in [1.807, 2.05) is 6.07 Å². The Morgan fingerprint density at radius 2 is 2.19 bits per heavy atom. The lowest BCUT2D eigenvalue weighted by atomic mass is 10.2. The number of hydrogen-bond donors (Lipinski definition) is 1. The quantitative estimate of drug-likeness (QED) is 0.814. The predicted octanol–water partition coefficient (Wildman–Crippen LogP) is 0.564. The fourth-order valence-corrected chi connectivity index (χ4v) is 1.59. The van der Waals surface area contributed by atoms with Crippen molar-refractivity contribution in [1.82, 2.24) is 14.7 Å². The van der Waals surface area contributed by atoms with Gasteiger partial charge in [-0.05, 0) is 20.8 Å². The highest BCUT2D eigenvalue weighted by Crippen LogP contribution is 2.24. The summed E-state index contributed by atoms with van der Waals surface area (Å²) in [6.07, 6.45) is -0.523. The van der Waals surface area contributed by atoms with Gasteiger partial charge in [-0.3, -0.25) is 4.68 Å². The molecule has 1 radical (unpaired) electrons. The topological polar surface area (TPSA) is 101 Å². The first-order valence-corrected chi connectivity index (χ1v) is 6.22. The molecule has 9 heteroatoms. The van der Waals surface area contributed by atoms with Gasteiger partial charge in [-0.2, -0.15) is 10.4 Å². The van der Waals surface area contributed by atoms with E-state index in [1.54, 1.807) is 34.9 Å². The molecule has 113 valence electrons. The van der Waals surface area contributed by atoms with E-state index in [4.69, 9.17) is 19.7 Å². The maximum Gasteiger partial charge on any atom is 0.569 e. The summed E-state index contributed by atoms with van der Waals surface area (Å²) >= 11 is 0. The van der Waals surface area contributed by atoms with Gasteiger partial charge in [0, 0.05) is 14.1 Å². The monoisotopic (exact) mass is 293 g/mol. The van der Waals surface area contributed by atoms with Crippen LogP contribution in [-0.2, 0) is 18.3 Å². The summed E-state index contributed by atoms with van der Waals surface area (Å²) in [5.74, 6) is 0.109. The number of nitriles is 1. The molecule has 1 heterocycles. The zero-order valence-corrected chi connectivity index (χ0v) is 12.7. The number of rotatable bonds is 4. The van der Waals surface area contributed by atoms with Crippen molar-refractivity contribution in [2.45, 2.75) is 32.9 Å². The molecule has 0 aromatic carbocycles. The number of ether oxygens (including phenoxy) is 1. The fourth-order valence-electron chi connectivity index (χ4n) is 1.59. The molecule has 0 saturated carbocycles. The van der Waals surface area contributed by atoms with E-state index in [0.717, 1.165) is 0 Å². The summed E-state index contributed by atoms with van der Waals surface area (Å²) in [5.41, 5.74) is -0.119. The van der Waals surface area contributed by atoms with Gasteiger partial charge in [0.15, 0.2) is 11.4 Å². The molecular formula is C12H18BN4O4. The third-order valence-corrected chi connectivity index (χ3v) is 2.44. The van der Waals surface area contributed by atoms with E-state index in [1.165, 1.54) is 9.58 Å². The van der Waals surface area contributed by atoms with Crippen LogP contribution in [0, 0.1) is 11.3 Å². The summed E-state index contributed by atoms with van der Waals surface area (Å²) < 4.78 is 11.4. The molecule has 0 atom stereocenters. The molecular weight excluding hydrogens is 275 g/mol. The SMILES string of the molecule is CN(Cc1nn(C)c(C#N)c1O[B]O)C(=O)OC(C)(C)C. The fraction of sp³-hybridized carbons (Fsp3) is 0.583. The highest BCUT2D eigenvalue weighted by atomic mass is 16.6. The van der Waals surface area contributed by atoms with E-state index in [0.29, 0.717) is 13.4 Å². The molecule has 1 rings (SSSR count). The Morgan fingerprint density at radius 1 is 1.57 bits per heavy atom. The zero-order valence-electron chi connectivity index (χ0n) is 12.7. The van der Waals surface area contributed by atoms with Gasteiger partial charge in [-0.25, -0.2) is 4.79 Å².